The summed E-state index contributed by atoms with van der Waals surface area (Å²) >= 11 is 0. The van der Waals surface area contributed by atoms with E-state index in [9.17, 15) is 5.26 Å². The SMILES string of the molecule is COc1cccc(C2=NC(OO)(c3ccccc3)C(c3ccccc3)=N2)c1. The minimum absolute atomic E-state index is 0.464. The van der Waals surface area contributed by atoms with Crippen LogP contribution in [-0.4, -0.2) is 23.9 Å². The van der Waals surface area contributed by atoms with Gasteiger partial charge < -0.3 is 4.74 Å². The number of methoxy groups -OCH3 is 1. The highest BCUT2D eigenvalue weighted by Crippen LogP contribution is 2.37. The molecule has 134 valence electrons. The van der Waals surface area contributed by atoms with Crippen molar-refractivity contribution in [2.24, 2.45) is 9.98 Å². The Morgan fingerprint density at radius 3 is 2.15 bits per heavy atom. The number of hydrogen-bond acceptors (Lipinski definition) is 5. The lowest BCUT2D eigenvalue weighted by atomic mass is 9.93. The molecule has 0 amide bonds. The first-order valence-corrected chi connectivity index (χ1v) is 8.54. The summed E-state index contributed by atoms with van der Waals surface area (Å²) in [4.78, 5) is 14.4. The summed E-state index contributed by atoms with van der Waals surface area (Å²) < 4.78 is 5.30. The van der Waals surface area contributed by atoms with E-state index >= 15 is 0 Å². The number of hydrogen-bond donors (Lipinski definition) is 1. The first-order valence-electron chi connectivity index (χ1n) is 8.54. The second-order valence-electron chi connectivity index (χ2n) is 6.10. The molecular formula is C22H18N2O3. The van der Waals surface area contributed by atoms with Gasteiger partial charge in [0.25, 0.3) is 5.72 Å². The highest BCUT2D eigenvalue weighted by Gasteiger charge is 2.45. The van der Waals surface area contributed by atoms with E-state index in [2.05, 4.69) is 0 Å². The molecule has 1 unspecified atom stereocenters. The molecule has 0 radical (unpaired) electrons. The fraction of sp³-hybridized carbons (Fsp3) is 0.0909. The van der Waals surface area contributed by atoms with E-state index in [4.69, 9.17) is 19.6 Å². The van der Waals surface area contributed by atoms with Gasteiger partial charge in [0, 0.05) is 16.7 Å². The van der Waals surface area contributed by atoms with Crippen molar-refractivity contribution in [1.82, 2.24) is 0 Å². The molecule has 1 N–H and O–H groups in total. The van der Waals surface area contributed by atoms with Gasteiger partial charge in [0.1, 0.15) is 11.5 Å². The highest BCUT2D eigenvalue weighted by molar-refractivity contribution is 6.20. The van der Waals surface area contributed by atoms with Gasteiger partial charge in [-0.15, -0.1) is 0 Å². The van der Waals surface area contributed by atoms with Crippen molar-refractivity contribution >= 4 is 11.5 Å². The smallest absolute Gasteiger partial charge is 0.262 e. The van der Waals surface area contributed by atoms with E-state index in [0.717, 1.165) is 11.1 Å². The Morgan fingerprint density at radius 1 is 0.815 bits per heavy atom. The van der Waals surface area contributed by atoms with Gasteiger partial charge in [-0.05, 0) is 12.1 Å². The summed E-state index contributed by atoms with van der Waals surface area (Å²) in [5.74, 6) is 1.17. The molecule has 0 spiro atoms. The average molecular weight is 358 g/mol. The summed E-state index contributed by atoms with van der Waals surface area (Å²) in [5, 5.41) is 9.95. The maximum Gasteiger partial charge on any atom is 0.262 e. The van der Waals surface area contributed by atoms with Gasteiger partial charge in [-0.1, -0.05) is 72.8 Å². The Bertz CT molecular complexity index is 1000. The lowest BCUT2D eigenvalue weighted by molar-refractivity contribution is -0.302. The van der Waals surface area contributed by atoms with Crippen LogP contribution >= 0.6 is 0 Å². The van der Waals surface area contributed by atoms with E-state index in [1.807, 2.05) is 84.9 Å². The molecule has 3 aromatic rings. The molecule has 0 saturated carbocycles. The van der Waals surface area contributed by atoms with E-state index in [1.165, 1.54) is 0 Å². The quantitative estimate of drug-likeness (QED) is 0.547. The fourth-order valence-corrected chi connectivity index (χ4v) is 3.14. The van der Waals surface area contributed by atoms with Gasteiger partial charge in [-0.25, -0.2) is 15.2 Å². The average Bonchev–Trinajstić information content (AvgIpc) is 3.16. The van der Waals surface area contributed by atoms with Crippen molar-refractivity contribution in [3.63, 3.8) is 0 Å². The molecule has 5 nitrogen and oxygen atoms in total. The number of benzene rings is 3. The second-order valence-corrected chi connectivity index (χ2v) is 6.10. The van der Waals surface area contributed by atoms with Crippen LogP contribution in [0.2, 0.25) is 0 Å². The van der Waals surface area contributed by atoms with Gasteiger partial charge in [0.2, 0.25) is 0 Å². The minimum atomic E-state index is -1.43. The largest absolute Gasteiger partial charge is 0.497 e. The molecule has 1 atom stereocenters. The van der Waals surface area contributed by atoms with Crippen LogP contribution in [0.25, 0.3) is 0 Å². The number of ether oxygens (including phenoxy) is 1. The molecule has 0 fully saturated rings. The topological polar surface area (TPSA) is 63.4 Å². The normalized spacial score (nSPS) is 18.7. The molecule has 0 aliphatic carbocycles. The molecule has 1 heterocycles. The van der Waals surface area contributed by atoms with Gasteiger partial charge in [0.05, 0.1) is 7.11 Å². The molecule has 27 heavy (non-hydrogen) atoms. The lowest BCUT2D eigenvalue weighted by Crippen LogP contribution is -2.34. The van der Waals surface area contributed by atoms with Crippen LogP contribution in [0.1, 0.15) is 16.7 Å². The molecule has 1 aliphatic heterocycles. The van der Waals surface area contributed by atoms with Gasteiger partial charge in [0.15, 0.2) is 5.84 Å². The van der Waals surface area contributed by atoms with Crippen molar-refractivity contribution < 1.29 is 14.9 Å². The second kappa shape index (κ2) is 7.15. The molecule has 0 saturated heterocycles. The number of amidine groups is 1. The van der Waals surface area contributed by atoms with E-state index in [1.54, 1.807) is 7.11 Å². The summed E-state index contributed by atoms with van der Waals surface area (Å²) in [6, 6.07) is 26.4. The van der Waals surface area contributed by atoms with Crippen molar-refractivity contribution in [3.8, 4) is 5.75 Å². The third kappa shape index (κ3) is 3.03. The maximum absolute atomic E-state index is 9.95. The Kier molecular flexibility index (Phi) is 4.54. The van der Waals surface area contributed by atoms with Gasteiger partial charge in [-0.3, -0.25) is 0 Å². The Labute approximate surface area is 157 Å². The molecular weight excluding hydrogens is 340 g/mol. The molecule has 5 heteroatoms. The summed E-state index contributed by atoms with van der Waals surface area (Å²) in [7, 11) is 1.61. The highest BCUT2D eigenvalue weighted by atomic mass is 17.1. The van der Waals surface area contributed by atoms with Crippen LogP contribution in [0, 0.1) is 0 Å². The van der Waals surface area contributed by atoms with E-state index in [-0.39, 0.29) is 0 Å². The van der Waals surface area contributed by atoms with Crippen LogP contribution in [0.15, 0.2) is 94.9 Å². The zero-order valence-electron chi connectivity index (χ0n) is 14.7. The zero-order chi connectivity index (χ0) is 18.7. The number of rotatable bonds is 5. The van der Waals surface area contributed by atoms with Crippen LogP contribution in [0.5, 0.6) is 5.75 Å². The summed E-state index contributed by atoms with van der Waals surface area (Å²) in [5.41, 5.74) is 1.37. The van der Waals surface area contributed by atoms with Crippen molar-refractivity contribution in [1.29, 1.82) is 0 Å². The Balaban J connectivity index is 1.91. The van der Waals surface area contributed by atoms with Crippen LogP contribution < -0.4 is 4.74 Å². The summed E-state index contributed by atoms with van der Waals surface area (Å²) in [6.07, 6.45) is 0. The molecule has 0 bridgehead atoms. The van der Waals surface area contributed by atoms with Crippen LogP contribution in [-0.2, 0) is 10.6 Å². The van der Waals surface area contributed by atoms with Crippen LogP contribution in [0.3, 0.4) is 0 Å². The Morgan fingerprint density at radius 2 is 1.48 bits per heavy atom. The van der Waals surface area contributed by atoms with Crippen molar-refractivity contribution in [2.75, 3.05) is 7.11 Å². The minimum Gasteiger partial charge on any atom is -0.497 e. The third-order valence-corrected chi connectivity index (χ3v) is 4.47. The maximum atomic E-state index is 9.95. The zero-order valence-corrected chi connectivity index (χ0v) is 14.7. The van der Waals surface area contributed by atoms with E-state index < -0.39 is 5.72 Å². The van der Waals surface area contributed by atoms with Gasteiger partial charge >= 0.3 is 0 Å². The predicted octanol–water partition coefficient (Wildman–Crippen LogP) is 4.29. The monoisotopic (exact) mass is 358 g/mol. The Hall–Kier alpha value is -3.28. The lowest BCUT2D eigenvalue weighted by Gasteiger charge is -2.24. The molecule has 1 aliphatic rings. The van der Waals surface area contributed by atoms with Gasteiger partial charge in [-0.2, -0.15) is 4.89 Å². The predicted molar refractivity (Wildman–Crippen MR) is 104 cm³/mol. The van der Waals surface area contributed by atoms with Crippen LogP contribution in [0.4, 0.5) is 0 Å². The first kappa shape index (κ1) is 17.1. The molecule has 3 aromatic carbocycles. The fourth-order valence-electron chi connectivity index (χ4n) is 3.14. The van der Waals surface area contributed by atoms with Crippen molar-refractivity contribution in [2.45, 2.75) is 5.72 Å². The number of nitrogens with zero attached hydrogens (tertiary/aromatic N) is 2. The first-order chi connectivity index (χ1) is 13.3. The van der Waals surface area contributed by atoms with E-state index in [0.29, 0.717) is 22.9 Å². The van der Waals surface area contributed by atoms with Crippen molar-refractivity contribution in [3.05, 3.63) is 102 Å². The standard InChI is InChI=1S/C22H18N2O3/c1-26-19-14-8-11-17(15-19)21-23-20(16-9-4-2-5-10-16)22(24-21,27-25)18-12-6-3-7-13-18/h2-15,25H,1H3. The summed E-state index contributed by atoms with van der Waals surface area (Å²) in [6.45, 7) is 0. The molecule has 0 aromatic heterocycles. The third-order valence-electron chi connectivity index (χ3n) is 4.47. The molecule has 4 rings (SSSR count). The number of aliphatic imine (C=N–C) groups is 2.